The van der Waals surface area contributed by atoms with E-state index in [2.05, 4.69) is 10.2 Å². The highest BCUT2D eigenvalue weighted by atomic mass is 16.5. The van der Waals surface area contributed by atoms with Crippen LogP contribution in [0.5, 0.6) is 0 Å². The third kappa shape index (κ3) is 3.95. The van der Waals surface area contributed by atoms with E-state index < -0.39 is 0 Å². The van der Waals surface area contributed by atoms with Crippen LogP contribution in [0.1, 0.15) is 17.3 Å². The van der Waals surface area contributed by atoms with Gasteiger partial charge in [0.2, 0.25) is 0 Å². The summed E-state index contributed by atoms with van der Waals surface area (Å²) in [5, 5.41) is 2.90. The van der Waals surface area contributed by atoms with Crippen LogP contribution in [0.4, 0.5) is 5.69 Å². The van der Waals surface area contributed by atoms with E-state index in [0.717, 1.165) is 32.0 Å². The zero-order chi connectivity index (χ0) is 14.4. The molecule has 0 saturated carbocycles. The molecule has 1 atom stereocenters. The third-order valence-corrected chi connectivity index (χ3v) is 3.30. The molecule has 1 fully saturated rings. The summed E-state index contributed by atoms with van der Waals surface area (Å²) in [6.45, 7) is 5.75. The topological polar surface area (TPSA) is 50.8 Å². The van der Waals surface area contributed by atoms with E-state index in [1.54, 1.807) is 7.11 Å². The fourth-order valence-electron chi connectivity index (χ4n) is 2.24. The lowest BCUT2D eigenvalue weighted by Crippen LogP contribution is -2.36. The van der Waals surface area contributed by atoms with Crippen LogP contribution in [0.15, 0.2) is 24.3 Å². The number of anilines is 1. The number of ether oxygens (including phenoxy) is 2. The Labute approximate surface area is 119 Å². The van der Waals surface area contributed by atoms with Crippen molar-refractivity contribution in [2.24, 2.45) is 0 Å². The molecule has 1 amide bonds. The van der Waals surface area contributed by atoms with Crippen LogP contribution >= 0.6 is 0 Å². The van der Waals surface area contributed by atoms with Crippen molar-refractivity contribution in [3.05, 3.63) is 29.8 Å². The first-order valence-electron chi connectivity index (χ1n) is 6.93. The van der Waals surface area contributed by atoms with E-state index in [1.807, 2.05) is 31.2 Å². The molecule has 0 bridgehead atoms. The summed E-state index contributed by atoms with van der Waals surface area (Å²) >= 11 is 0. The third-order valence-electron chi connectivity index (χ3n) is 3.30. The Hall–Kier alpha value is -1.59. The summed E-state index contributed by atoms with van der Waals surface area (Å²) in [7, 11) is 1.62. The number of carbonyl (C=O) groups excluding carboxylic acids is 1. The number of nitrogens with one attached hydrogen (secondary N) is 1. The molecule has 0 spiro atoms. The number of morpholine rings is 1. The van der Waals surface area contributed by atoms with Crippen LogP contribution in [0.2, 0.25) is 0 Å². The largest absolute Gasteiger partial charge is 0.383 e. The number of hydrogen-bond acceptors (Lipinski definition) is 4. The van der Waals surface area contributed by atoms with Crippen molar-refractivity contribution in [2.75, 3.05) is 44.9 Å². The second kappa shape index (κ2) is 7.26. The van der Waals surface area contributed by atoms with E-state index >= 15 is 0 Å². The first-order valence-corrected chi connectivity index (χ1v) is 6.93. The maximum absolute atomic E-state index is 12.0. The number of amides is 1. The molecule has 0 unspecified atom stereocenters. The SMILES string of the molecule is COC[C@H](C)NC(=O)c1ccc(N2CCOCC2)cc1. The van der Waals surface area contributed by atoms with Gasteiger partial charge in [0.05, 0.1) is 19.8 Å². The summed E-state index contributed by atoms with van der Waals surface area (Å²) in [6.07, 6.45) is 0. The summed E-state index contributed by atoms with van der Waals surface area (Å²) in [6, 6.07) is 7.70. The molecule has 1 aliphatic heterocycles. The maximum atomic E-state index is 12.0. The number of methoxy groups -OCH3 is 1. The highest BCUT2D eigenvalue weighted by molar-refractivity contribution is 5.94. The molecule has 1 heterocycles. The van der Waals surface area contributed by atoms with Crippen molar-refractivity contribution < 1.29 is 14.3 Å². The summed E-state index contributed by atoms with van der Waals surface area (Å²) in [4.78, 5) is 14.3. The smallest absolute Gasteiger partial charge is 0.251 e. The van der Waals surface area contributed by atoms with Gasteiger partial charge in [0.1, 0.15) is 0 Å². The standard InChI is InChI=1S/C15H22N2O3/c1-12(11-19-2)16-15(18)13-3-5-14(6-4-13)17-7-9-20-10-8-17/h3-6,12H,7-11H2,1-2H3,(H,16,18)/t12-/m0/s1. The number of hydrogen-bond donors (Lipinski definition) is 1. The quantitative estimate of drug-likeness (QED) is 0.882. The van der Waals surface area contributed by atoms with Crippen molar-refractivity contribution in [3.63, 3.8) is 0 Å². The number of nitrogens with zero attached hydrogens (tertiary/aromatic N) is 1. The zero-order valence-corrected chi connectivity index (χ0v) is 12.1. The average Bonchev–Trinajstić information content (AvgIpc) is 2.48. The molecule has 0 radical (unpaired) electrons. The van der Waals surface area contributed by atoms with E-state index in [-0.39, 0.29) is 11.9 Å². The van der Waals surface area contributed by atoms with Gasteiger partial charge in [-0.05, 0) is 31.2 Å². The Morgan fingerprint density at radius 1 is 1.35 bits per heavy atom. The molecule has 110 valence electrons. The van der Waals surface area contributed by atoms with Gasteiger partial charge in [-0.25, -0.2) is 0 Å². The molecule has 1 aromatic carbocycles. The Kier molecular flexibility index (Phi) is 5.38. The Morgan fingerprint density at radius 2 is 2.00 bits per heavy atom. The zero-order valence-electron chi connectivity index (χ0n) is 12.1. The van der Waals surface area contributed by atoms with Gasteiger partial charge in [-0.1, -0.05) is 0 Å². The average molecular weight is 278 g/mol. The molecule has 20 heavy (non-hydrogen) atoms. The van der Waals surface area contributed by atoms with Gasteiger partial charge in [-0.3, -0.25) is 4.79 Å². The van der Waals surface area contributed by atoms with Crippen molar-refractivity contribution in [3.8, 4) is 0 Å². The molecule has 2 rings (SSSR count). The summed E-state index contributed by atoms with van der Waals surface area (Å²) in [5.41, 5.74) is 1.81. The highest BCUT2D eigenvalue weighted by Gasteiger charge is 2.13. The van der Waals surface area contributed by atoms with Crippen LogP contribution in [0, 0.1) is 0 Å². The van der Waals surface area contributed by atoms with E-state index in [0.29, 0.717) is 12.2 Å². The molecule has 1 saturated heterocycles. The number of carbonyl (C=O) groups is 1. The van der Waals surface area contributed by atoms with Crippen LogP contribution < -0.4 is 10.2 Å². The van der Waals surface area contributed by atoms with Crippen LogP contribution in [-0.2, 0) is 9.47 Å². The molecule has 1 aromatic rings. The first-order chi connectivity index (χ1) is 9.70. The molecule has 0 aromatic heterocycles. The fraction of sp³-hybridized carbons (Fsp3) is 0.533. The van der Waals surface area contributed by atoms with Crippen molar-refractivity contribution >= 4 is 11.6 Å². The van der Waals surface area contributed by atoms with Gasteiger partial charge in [-0.15, -0.1) is 0 Å². The normalized spacial score (nSPS) is 16.8. The summed E-state index contributed by atoms with van der Waals surface area (Å²) in [5.74, 6) is -0.0666. The predicted molar refractivity (Wildman–Crippen MR) is 78.3 cm³/mol. The Bertz CT molecular complexity index is 427. The molecule has 0 aliphatic carbocycles. The predicted octanol–water partition coefficient (Wildman–Crippen LogP) is 1.29. The van der Waals surface area contributed by atoms with Crippen LogP contribution in [0.3, 0.4) is 0 Å². The second-order valence-corrected chi connectivity index (χ2v) is 4.98. The van der Waals surface area contributed by atoms with Gasteiger partial charge in [-0.2, -0.15) is 0 Å². The molecular weight excluding hydrogens is 256 g/mol. The van der Waals surface area contributed by atoms with Crippen molar-refractivity contribution in [2.45, 2.75) is 13.0 Å². The minimum atomic E-state index is -0.0666. The Morgan fingerprint density at radius 3 is 2.60 bits per heavy atom. The molecule has 1 aliphatic rings. The summed E-state index contributed by atoms with van der Waals surface area (Å²) < 4.78 is 10.3. The van der Waals surface area contributed by atoms with Gasteiger partial charge in [0.15, 0.2) is 0 Å². The van der Waals surface area contributed by atoms with Crippen molar-refractivity contribution in [1.82, 2.24) is 5.32 Å². The lowest BCUT2D eigenvalue weighted by Gasteiger charge is -2.28. The number of rotatable bonds is 5. The molecule has 5 heteroatoms. The molecule has 5 nitrogen and oxygen atoms in total. The lowest BCUT2D eigenvalue weighted by molar-refractivity contribution is 0.0905. The van der Waals surface area contributed by atoms with Gasteiger partial charge in [0, 0.05) is 37.5 Å². The van der Waals surface area contributed by atoms with Gasteiger partial charge >= 0.3 is 0 Å². The monoisotopic (exact) mass is 278 g/mol. The maximum Gasteiger partial charge on any atom is 0.251 e. The molecular formula is C15H22N2O3. The second-order valence-electron chi connectivity index (χ2n) is 4.98. The Balaban J connectivity index is 1.95. The lowest BCUT2D eigenvalue weighted by atomic mass is 10.1. The van der Waals surface area contributed by atoms with Crippen LogP contribution in [0.25, 0.3) is 0 Å². The van der Waals surface area contributed by atoms with E-state index in [1.165, 1.54) is 0 Å². The number of benzene rings is 1. The van der Waals surface area contributed by atoms with Crippen molar-refractivity contribution in [1.29, 1.82) is 0 Å². The van der Waals surface area contributed by atoms with E-state index in [4.69, 9.17) is 9.47 Å². The fourth-order valence-corrected chi connectivity index (χ4v) is 2.24. The van der Waals surface area contributed by atoms with E-state index in [9.17, 15) is 4.79 Å². The first kappa shape index (κ1) is 14.8. The minimum Gasteiger partial charge on any atom is -0.383 e. The van der Waals surface area contributed by atoms with Gasteiger partial charge < -0.3 is 19.7 Å². The molecule has 1 N–H and O–H groups in total. The van der Waals surface area contributed by atoms with Gasteiger partial charge in [0.25, 0.3) is 5.91 Å². The minimum absolute atomic E-state index is 0.00594. The highest BCUT2D eigenvalue weighted by Crippen LogP contribution is 2.16. The van der Waals surface area contributed by atoms with Crippen LogP contribution in [-0.4, -0.2) is 52.0 Å².